The van der Waals surface area contributed by atoms with Crippen molar-refractivity contribution < 1.29 is 33.6 Å². The van der Waals surface area contributed by atoms with Crippen molar-refractivity contribution in [1.29, 1.82) is 0 Å². The molecule has 142 valence electrons. The van der Waals surface area contributed by atoms with Crippen LogP contribution in [-0.2, 0) is 28.5 Å². The molecule has 1 aliphatic carbocycles. The van der Waals surface area contributed by atoms with Crippen LogP contribution < -0.4 is 0 Å². The molecule has 3 saturated heterocycles. The second-order valence-corrected chi connectivity index (χ2v) is 7.84. The number of ether oxygens (including phenoxy) is 4. The predicted molar refractivity (Wildman–Crippen MR) is 88.7 cm³/mol. The molecule has 0 aromatic rings. The Morgan fingerprint density at radius 3 is 2.96 bits per heavy atom. The molecule has 0 amide bonds. The number of epoxide rings is 1. The summed E-state index contributed by atoms with van der Waals surface area (Å²) < 4.78 is 22.6. The van der Waals surface area contributed by atoms with Crippen LogP contribution in [0.15, 0.2) is 23.8 Å². The lowest BCUT2D eigenvalue weighted by Crippen LogP contribution is -2.44. The van der Waals surface area contributed by atoms with Gasteiger partial charge in [0.2, 0.25) is 0 Å². The topological polar surface area (TPSA) is 94.6 Å². The number of aliphatic hydroxyl groups is 1. The molecule has 4 heterocycles. The molecule has 2 bridgehead atoms. The van der Waals surface area contributed by atoms with Gasteiger partial charge >= 0.3 is 11.9 Å². The van der Waals surface area contributed by atoms with Gasteiger partial charge in [-0.15, -0.1) is 0 Å². The zero-order valence-electron chi connectivity index (χ0n) is 15.0. The zero-order valence-corrected chi connectivity index (χ0v) is 15.0. The fraction of sp³-hybridized carbons (Fsp3) is 0.684. The maximum atomic E-state index is 12.2. The number of carbonyl (C=O) groups is 2. The molecule has 26 heavy (non-hydrogen) atoms. The molecule has 5 aliphatic rings. The highest BCUT2D eigenvalue weighted by molar-refractivity contribution is 5.91. The van der Waals surface area contributed by atoms with Crippen molar-refractivity contribution in [3.63, 3.8) is 0 Å². The summed E-state index contributed by atoms with van der Waals surface area (Å²) in [7, 11) is 0. The fourth-order valence-electron chi connectivity index (χ4n) is 4.13. The number of esters is 2. The molecular weight excluding hydrogens is 340 g/mol. The number of aliphatic hydroxyl groups excluding tert-OH is 1. The fourth-order valence-corrected chi connectivity index (χ4v) is 4.13. The highest BCUT2D eigenvalue weighted by Crippen LogP contribution is 2.52. The summed E-state index contributed by atoms with van der Waals surface area (Å²) in [5.74, 6) is -1.63. The molecule has 4 aliphatic heterocycles. The molecular formula is C19H24O7. The van der Waals surface area contributed by atoms with Gasteiger partial charge in [-0.05, 0) is 24.5 Å². The summed E-state index contributed by atoms with van der Waals surface area (Å²) in [6, 6.07) is 0. The van der Waals surface area contributed by atoms with Gasteiger partial charge in [0.25, 0.3) is 0 Å². The predicted octanol–water partition coefficient (Wildman–Crippen LogP) is 1.25. The maximum Gasteiger partial charge on any atom is 0.334 e. The molecule has 0 unspecified atom stereocenters. The van der Waals surface area contributed by atoms with Crippen molar-refractivity contribution in [2.45, 2.75) is 63.3 Å². The van der Waals surface area contributed by atoms with Crippen LogP contribution >= 0.6 is 0 Å². The first-order chi connectivity index (χ1) is 12.3. The summed E-state index contributed by atoms with van der Waals surface area (Å²) in [6.45, 7) is 7.62. The zero-order chi connectivity index (χ0) is 18.6. The van der Waals surface area contributed by atoms with Gasteiger partial charge in [0.15, 0.2) is 6.29 Å². The highest BCUT2D eigenvalue weighted by Gasteiger charge is 2.65. The third-order valence-corrected chi connectivity index (χ3v) is 5.74. The van der Waals surface area contributed by atoms with E-state index in [9.17, 15) is 14.7 Å². The van der Waals surface area contributed by atoms with Crippen LogP contribution in [0.25, 0.3) is 0 Å². The maximum absolute atomic E-state index is 12.2. The van der Waals surface area contributed by atoms with Crippen LogP contribution in [0.2, 0.25) is 0 Å². The van der Waals surface area contributed by atoms with Gasteiger partial charge < -0.3 is 24.1 Å². The van der Waals surface area contributed by atoms with Gasteiger partial charge in [-0.3, -0.25) is 4.79 Å². The molecule has 0 saturated carbocycles. The van der Waals surface area contributed by atoms with E-state index >= 15 is 0 Å². The van der Waals surface area contributed by atoms with Crippen LogP contribution in [0, 0.1) is 11.8 Å². The lowest BCUT2D eigenvalue weighted by molar-refractivity contribution is -0.161. The largest absolute Gasteiger partial charge is 0.458 e. The molecule has 1 N–H and O–H groups in total. The lowest BCUT2D eigenvalue weighted by atomic mass is 9.81. The first-order valence-electron chi connectivity index (χ1n) is 9.09. The summed E-state index contributed by atoms with van der Waals surface area (Å²) in [6.07, 6.45) is 1.11. The quantitative estimate of drug-likeness (QED) is 0.341. The van der Waals surface area contributed by atoms with Gasteiger partial charge in [-0.2, -0.15) is 0 Å². The van der Waals surface area contributed by atoms with Crippen LogP contribution in [0.5, 0.6) is 0 Å². The van der Waals surface area contributed by atoms with E-state index in [0.717, 1.165) is 12.0 Å². The molecule has 3 fully saturated rings. The molecule has 7 heteroatoms. The highest BCUT2D eigenvalue weighted by atomic mass is 16.7. The SMILES string of the molecule is C=C1C(=O)O[C@H]2C[C@]34O[C@@H]3CC/C(=C/[C@@H](OC(=O)C(C)C)[C@H]12)CO[C@H]4O. The van der Waals surface area contributed by atoms with Gasteiger partial charge in [-0.1, -0.05) is 20.4 Å². The minimum atomic E-state index is -1.08. The number of carbonyl (C=O) groups excluding carboxylic acids is 2. The first kappa shape index (κ1) is 17.7. The normalized spacial score (nSPS) is 43.7. The molecule has 5 rings (SSSR count). The van der Waals surface area contributed by atoms with Gasteiger partial charge in [0, 0.05) is 12.0 Å². The van der Waals surface area contributed by atoms with Crippen molar-refractivity contribution in [3.8, 4) is 0 Å². The summed E-state index contributed by atoms with van der Waals surface area (Å²) in [4.78, 5) is 24.4. The Morgan fingerprint density at radius 1 is 1.46 bits per heavy atom. The van der Waals surface area contributed by atoms with E-state index in [0.29, 0.717) is 6.42 Å². The smallest absolute Gasteiger partial charge is 0.334 e. The van der Waals surface area contributed by atoms with Gasteiger partial charge in [-0.25, -0.2) is 4.79 Å². The Kier molecular flexibility index (Phi) is 4.21. The van der Waals surface area contributed by atoms with Crippen molar-refractivity contribution in [3.05, 3.63) is 23.8 Å². The summed E-state index contributed by atoms with van der Waals surface area (Å²) in [5.41, 5.74) is 0.321. The van der Waals surface area contributed by atoms with Crippen LogP contribution in [0.4, 0.5) is 0 Å². The molecule has 6 atom stereocenters. The number of rotatable bonds is 2. The third kappa shape index (κ3) is 2.78. The Morgan fingerprint density at radius 2 is 2.23 bits per heavy atom. The van der Waals surface area contributed by atoms with Gasteiger partial charge in [0.1, 0.15) is 17.8 Å². The van der Waals surface area contributed by atoms with E-state index in [-0.39, 0.29) is 36.6 Å². The Hall–Kier alpha value is -1.70. The number of fused-ring (bicyclic) bond motifs is 4. The second kappa shape index (κ2) is 6.18. The van der Waals surface area contributed by atoms with E-state index in [1.807, 2.05) is 6.08 Å². The summed E-state index contributed by atoms with van der Waals surface area (Å²) >= 11 is 0. The molecule has 0 aromatic carbocycles. The van der Waals surface area contributed by atoms with Crippen LogP contribution in [-0.4, -0.2) is 53.9 Å². The van der Waals surface area contributed by atoms with Crippen LogP contribution in [0.3, 0.4) is 0 Å². The van der Waals surface area contributed by atoms with Gasteiger partial charge in [0.05, 0.1) is 24.5 Å². The Balaban J connectivity index is 1.74. The average molecular weight is 364 g/mol. The van der Waals surface area contributed by atoms with Crippen molar-refractivity contribution >= 4 is 11.9 Å². The number of hydrogen-bond donors (Lipinski definition) is 1. The average Bonchev–Trinajstić information content (AvgIpc) is 3.20. The van der Waals surface area contributed by atoms with E-state index in [2.05, 4.69) is 6.58 Å². The Labute approximate surface area is 151 Å². The monoisotopic (exact) mass is 364 g/mol. The molecule has 0 aromatic heterocycles. The third-order valence-electron chi connectivity index (χ3n) is 5.74. The van der Waals surface area contributed by atoms with E-state index < -0.39 is 36.0 Å². The molecule has 1 spiro atoms. The van der Waals surface area contributed by atoms with Crippen molar-refractivity contribution in [2.24, 2.45) is 11.8 Å². The van der Waals surface area contributed by atoms with Crippen LogP contribution in [0.1, 0.15) is 33.1 Å². The van der Waals surface area contributed by atoms with Crippen molar-refractivity contribution in [1.82, 2.24) is 0 Å². The number of hydrogen-bond acceptors (Lipinski definition) is 7. The molecule has 0 radical (unpaired) electrons. The lowest BCUT2D eigenvalue weighted by Gasteiger charge is -2.32. The van der Waals surface area contributed by atoms with E-state index in [4.69, 9.17) is 18.9 Å². The standard InChI is InChI=1S/C19H24O7/c1-9(2)16(20)24-12-6-11-4-5-14-19(26-14,18(22)23-8-11)7-13-15(12)10(3)17(21)25-13/h6,9,12-15,18,22H,3-5,7-8H2,1-2H3/b11-6-/t12-,13+,14-,15+,18-,19+/m1/s1. The summed E-state index contributed by atoms with van der Waals surface area (Å²) in [5, 5.41) is 10.5. The Bertz CT molecular complexity index is 681. The second-order valence-electron chi connectivity index (χ2n) is 7.84. The minimum absolute atomic E-state index is 0.135. The first-order valence-corrected chi connectivity index (χ1v) is 9.09. The van der Waals surface area contributed by atoms with Crippen molar-refractivity contribution in [2.75, 3.05) is 6.61 Å². The molecule has 7 nitrogen and oxygen atoms in total. The minimum Gasteiger partial charge on any atom is -0.458 e. The van der Waals surface area contributed by atoms with E-state index in [1.54, 1.807) is 13.8 Å². The van der Waals surface area contributed by atoms with E-state index in [1.165, 1.54) is 0 Å².